The van der Waals surface area contributed by atoms with Crippen LogP contribution in [0.25, 0.3) is 0 Å². The zero-order valence-corrected chi connectivity index (χ0v) is 21.7. The molecule has 0 fully saturated rings. The van der Waals surface area contributed by atoms with Crippen LogP contribution in [-0.2, 0) is 20.6 Å². The van der Waals surface area contributed by atoms with Crippen molar-refractivity contribution in [3.63, 3.8) is 0 Å². The molecule has 3 aromatic carbocycles. The van der Waals surface area contributed by atoms with Gasteiger partial charge in [0.05, 0.1) is 6.10 Å². The lowest BCUT2D eigenvalue weighted by Gasteiger charge is -2.45. The van der Waals surface area contributed by atoms with Gasteiger partial charge in [0.1, 0.15) is 12.6 Å². The summed E-state index contributed by atoms with van der Waals surface area (Å²) in [6.45, 7) is 8.29. The number of benzene rings is 3. The Hall–Kier alpha value is -3.42. The summed E-state index contributed by atoms with van der Waals surface area (Å²) >= 11 is 0. The average molecular weight is 491 g/mol. The minimum atomic E-state index is -2.94. The highest BCUT2D eigenvalue weighted by Gasteiger charge is 2.52. The van der Waals surface area contributed by atoms with Gasteiger partial charge in [-0.25, -0.2) is 4.79 Å². The highest BCUT2D eigenvalue weighted by Crippen LogP contribution is 2.37. The maximum Gasteiger partial charge on any atom is 0.408 e. The predicted molar refractivity (Wildman–Crippen MR) is 141 cm³/mol. The average Bonchev–Trinajstić information content (AvgIpc) is 2.85. The van der Waals surface area contributed by atoms with E-state index in [1.807, 2.05) is 66.7 Å². The van der Waals surface area contributed by atoms with Crippen LogP contribution in [0.15, 0.2) is 91.0 Å². The fourth-order valence-electron chi connectivity index (χ4n) is 4.35. The summed E-state index contributed by atoms with van der Waals surface area (Å²) in [4.78, 5) is 25.0. The number of carbonyl (C=O) groups is 2. The van der Waals surface area contributed by atoms with Crippen LogP contribution in [0.1, 0.15) is 33.3 Å². The lowest BCUT2D eigenvalue weighted by atomic mass is 10.2. The molecule has 0 saturated carbocycles. The third kappa shape index (κ3) is 6.18. The van der Waals surface area contributed by atoms with Crippen molar-refractivity contribution in [2.24, 2.45) is 5.73 Å². The molecule has 0 saturated heterocycles. The van der Waals surface area contributed by atoms with E-state index in [-0.39, 0.29) is 11.6 Å². The van der Waals surface area contributed by atoms with Crippen molar-refractivity contribution in [3.8, 4) is 0 Å². The SMILES string of the molecule is C[C@@H](O[Si](c1ccccc1)(c1ccccc1)C(C)(C)C)[C@H](NC(=O)OCc1ccccc1)C(N)=O. The van der Waals surface area contributed by atoms with E-state index in [0.717, 1.165) is 15.9 Å². The summed E-state index contributed by atoms with van der Waals surface area (Å²) in [5.74, 6) is -0.688. The summed E-state index contributed by atoms with van der Waals surface area (Å²) in [5.41, 5.74) is 6.57. The first-order valence-electron chi connectivity index (χ1n) is 11.7. The molecule has 0 heterocycles. The van der Waals surface area contributed by atoms with Crippen molar-refractivity contribution >= 4 is 30.7 Å². The number of ether oxygens (including phenoxy) is 1. The summed E-state index contributed by atoms with van der Waals surface area (Å²) in [5, 5.41) is 4.47. The monoisotopic (exact) mass is 490 g/mol. The second-order valence-corrected chi connectivity index (χ2v) is 13.8. The van der Waals surface area contributed by atoms with Gasteiger partial charge in [0.2, 0.25) is 5.91 Å². The second-order valence-electron chi connectivity index (χ2n) is 9.57. The first-order chi connectivity index (χ1) is 16.6. The predicted octanol–water partition coefficient (Wildman–Crippen LogP) is 3.73. The maximum absolute atomic E-state index is 12.6. The summed E-state index contributed by atoms with van der Waals surface area (Å²) in [6, 6.07) is 28.4. The van der Waals surface area contributed by atoms with Crippen molar-refractivity contribution in [1.29, 1.82) is 0 Å². The number of carbonyl (C=O) groups excluding carboxylic acids is 2. The third-order valence-electron chi connectivity index (χ3n) is 6.04. The second kappa shape index (κ2) is 11.3. The maximum atomic E-state index is 12.6. The van der Waals surface area contributed by atoms with E-state index >= 15 is 0 Å². The molecular weight excluding hydrogens is 456 g/mol. The smallest absolute Gasteiger partial charge is 0.408 e. The molecule has 3 rings (SSSR count). The molecule has 0 aliphatic heterocycles. The molecule has 0 aliphatic rings. The van der Waals surface area contributed by atoms with Crippen molar-refractivity contribution in [2.45, 2.75) is 51.5 Å². The van der Waals surface area contributed by atoms with Gasteiger partial charge in [-0.05, 0) is 27.9 Å². The number of nitrogens with two attached hydrogens (primary N) is 1. The quantitative estimate of drug-likeness (QED) is 0.447. The Bertz CT molecular complexity index is 1060. The standard InChI is InChI=1S/C28H34N2O4Si/c1-21(25(26(29)31)30-27(32)33-20-22-14-8-5-9-15-22)34-35(28(2,3)4,23-16-10-6-11-17-23)24-18-12-7-13-19-24/h5-19,21,25H,20H2,1-4H3,(H2,29,31)(H,30,32)/t21-,25+/m1/s1. The molecule has 3 N–H and O–H groups in total. The fourth-order valence-corrected chi connectivity index (χ4v) is 9.06. The number of nitrogens with one attached hydrogen (secondary N) is 1. The molecule has 0 aromatic heterocycles. The molecule has 2 atom stereocenters. The van der Waals surface area contributed by atoms with Crippen LogP contribution in [-0.4, -0.2) is 32.5 Å². The first kappa shape index (κ1) is 26.2. The van der Waals surface area contributed by atoms with Crippen molar-refractivity contribution in [2.75, 3.05) is 0 Å². The Labute approximate surface area is 208 Å². The summed E-state index contributed by atoms with van der Waals surface area (Å²) in [6.07, 6.45) is -1.43. The minimum absolute atomic E-state index is 0.0854. The molecule has 6 nitrogen and oxygen atoms in total. The van der Waals surface area contributed by atoms with E-state index in [0.29, 0.717) is 0 Å². The van der Waals surface area contributed by atoms with Gasteiger partial charge < -0.3 is 20.2 Å². The van der Waals surface area contributed by atoms with Gasteiger partial charge in [-0.3, -0.25) is 4.79 Å². The van der Waals surface area contributed by atoms with Crippen LogP contribution < -0.4 is 21.4 Å². The summed E-state index contributed by atoms with van der Waals surface area (Å²) < 4.78 is 12.3. The molecule has 35 heavy (non-hydrogen) atoms. The molecule has 0 unspecified atom stereocenters. The lowest BCUT2D eigenvalue weighted by Crippen LogP contribution is -2.69. The van der Waals surface area contributed by atoms with Crippen LogP contribution in [0.2, 0.25) is 5.04 Å². The van der Waals surface area contributed by atoms with E-state index in [1.54, 1.807) is 6.92 Å². The van der Waals surface area contributed by atoms with E-state index in [4.69, 9.17) is 14.9 Å². The van der Waals surface area contributed by atoms with E-state index in [2.05, 4.69) is 50.4 Å². The van der Waals surface area contributed by atoms with Gasteiger partial charge >= 0.3 is 6.09 Å². The largest absolute Gasteiger partial charge is 0.445 e. The van der Waals surface area contributed by atoms with Crippen LogP contribution in [0, 0.1) is 0 Å². The lowest BCUT2D eigenvalue weighted by molar-refractivity contribution is -0.122. The molecule has 3 aromatic rings. The number of hydrogen-bond acceptors (Lipinski definition) is 4. The molecule has 7 heteroatoms. The van der Waals surface area contributed by atoms with Crippen molar-refractivity contribution in [1.82, 2.24) is 5.32 Å². The normalized spacial score (nSPS) is 13.5. The van der Waals surface area contributed by atoms with E-state index in [9.17, 15) is 9.59 Å². The van der Waals surface area contributed by atoms with Gasteiger partial charge in [0, 0.05) is 0 Å². The van der Waals surface area contributed by atoms with Gasteiger partial charge in [-0.2, -0.15) is 0 Å². The highest BCUT2D eigenvalue weighted by molar-refractivity contribution is 6.99. The zero-order chi connectivity index (χ0) is 25.5. The van der Waals surface area contributed by atoms with E-state index in [1.165, 1.54) is 0 Å². The molecule has 0 spiro atoms. The van der Waals surface area contributed by atoms with Crippen molar-refractivity contribution < 1.29 is 18.8 Å². The van der Waals surface area contributed by atoms with Gasteiger partial charge in [-0.1, -0.05) is 112 Å². The zero-order valence-electron chi connectivity index (χ0n) is 20.7. The minimum Gasteiger partial charge on any atom is -0.445 e. The Morgan fingerprint density at radius 1 is 0.857 bits per heavy atom. The number of rotatable bonds is 9. The number of hydrogen-bond donors (Lipinski definition) is 2. The highest BCUT2D eigenvalue weighted by atomic mass is 28.4. The fraction of sp³-hybridized carbons (Fsp3) is 0.286. The number of alkyl carbamates (subject to hydrolysis) is 1. The number of primary amides is 1. The van der Waals surface area contributed by atoms with Gasteiger partial charge in [0.15, 0.2) is 0 Å². The molecular formula is C28H34N2O4Si. The Balaban J connectivity index is 1.90. The van der Waals surface area contributed by atoms with Crippen LogP contribution in [0.5, 0.6) is 0 Å². The third-order valence-corrected chi connectivity index (χ3v) is 11.2. The van der Waals surface area contributed by atoms with Crippen LogP contribution in [0.3, 0.4) is 0 Å². The molecule has 184 valence electrons. The van der Waals surface area contributed by atoms with Crippen LogP contribution in [0.4, 0.5) is 4.79 Å². The van der Waals surface area contributed by atoms with Gasteiger partial charge in [-0.15, -0.1) is 0 Å². The first-order valence-corrected chi connectivity index (χ1v) is 13.6. The Morgan fingerprint density at radius 3 is 1.74 bits per heavy atom. The molecule has 2 amide bonds. The number of amides is 2. The molecule has 0 bridgehead atoms. The van der Waals surface area contributed by atoms with Gasteiger partial charge in [0.25, 0.3) is 8.32 Å². The molecule has 0 radical (unpaired) electrons. The Morgan fingerprint density at radius 2 is 1.31 bits per heavy atom. The van der Waals surface area contributed by atoms with Crippen LogP contribution >= 0.6 is 0 Å². The summed E-state index contributed by atoms with van der Waals surface area (Å²) in [7, 11) is -2.94. The molecule has 0 aliphatic carbocycles. The topological polar surface area (TPSA) is 90.7 Å². The van der Waals surface area contributed by atoms with Crippen molar-refractivity contribution in [3.05, 3.63) is 96.6 Å². The van der Waals surface area contributed by atoms with E-state index < -0.39 is 32.5 Å². The Kier molecular flexibility index (Phi) is 8.48.